The van der Waals surface area contributed by atoms with Crippen molar-refractivity contribution in [1.29, 1.82) is 0 Å². The fraction of sp³-hybridized carbons (Fsp3) is 0.594. The van der Waals surface area contributed by atoms with Crippen LogP contribution in [0.4, 0.5) is 0 Å². The highest BCUT2D eigenvalue weighted by atomic mass is 35.5. The fourth-order valence-electron chi connectivity index (χ4n) is 6.34. The minimum absolute atomic E-state index is 0.141. The van der Waals surface area contributed by atoms with E-state index < -0.39 is 0 Å². The lowest BCUT2D eigenvalue weighted by atomic mass is 10.00. The Labute approximate surface area is 264 Å². The maximum atomic E-state index is 6.31. The molecule has 232 valence electrons. The first-order chi connectivity index (χ1) is 21.0. The number of thiophene rings is 1. The number of rotatable bonds is 11. The van der Waals surface area contributed by atoms with E-state index in [4.69, 9.17) is 31.2 Å². The van der Waals surface area contributed by atoms with Gasteiger partial charge in [-0.05, 0) is 77.5 Å². The molecule has 0 saturated carbocycles. The maximum Gasteiger partial charge on any atom is 0.164 e. The predicted molar refractivity (Wildman–Crippen MR) is 173 cm³/mol. The van der Waals surface area contributed by atoms with Gasteiger partial charge in [-0.1, -0.05) is 23.7 Å². The summed E-state index contributed by atoms with van der Waals surface area (Å²) in [6.07, 6.45) is 2.24. The van der Waals surface area contributed by atoms with E-state index in [0.29, 0.717) is 0 Å². The summed E-state index contributed by atoms with van der Waals surface area (Å²) >= 11 is 8.12. The highest BCUT2D eigenvalue weighted by molar-refractivity contribution is 7.15. The number of ether oxygens (including phenoxy) is 2. The Morgan fingerprint density at radius 1 is 0.884 bits per heavy atom. The molecule has 11 heteroatoms. The van der Waals surface area contributed by atoms with Crippen molar-refractivity contribution in [2.24, 2.45) is 4.99 Å². The lowest BCUT2D eigenvalue weighted by Gasteiger charge is -2.30. The van der Waals surface area contributed by atoms with Crippen LogP contribution < -0.4 is 0 Å². The van der Waals surface area contributed by atoms with Crippen molar-refractivity contribution in [2.75, 3.05) is 85.3 Å². The number of morpholine rings is 2. The fourth-order valence-corrected chi connectivity index (χ4v) is 7.68. The SMILES string of the molecule is Cc1sc2c(c1C)C(c1ccc(Cl)cc1)=N[C@@H](CN(CCCN1CCOCC1)CCCN1CCOCC1)c1nnc(C)n1-2. The first-order valence-corrected chi connectivity index (χ1v) is 16.9. The van der Waals surface area contributed by atoms with Crippen LogP contribution in [0.2, 0.25) is 5.02 Å². The molecule has 0 bridgehead atoms. The number of hydrogen-bond acceptors (Lipinski definition) is 9. The standard InChI is InChI=1S/C32H44ClN7O2S/c1-23-24(2)43-32-29(23)30(26-6-8-27(33)9-7-26)34-28(31-36-35-25(3)40(31)32)22-39(12-4-10-37-14-18-41-19-15-37)13-5-11-38-16-20-42-21-17-38/h6-9,28H,4-5,10-22H2,1-3H3/t28-/m0/s1. The molecule has 5 heterocycles. The molecule has 3 aromatic rings. The highest BCUT2D eigenvalue weighted by Gasteiger charge is 2.32. The van der Waals surface area contributed by atoms with Crippen LogP contribution >= 0.6 is 22.9 Å². The molecule has 0 amide bonds. The van der Waals surface area contributed by atoms with Gasteiger partial charge in [0.15, 0.2) is 5.82 Å². The van der Waals surface area contributed by atoms with Gasteiger partial charge in [0.1, 0.15) is 16.9 Å². The second-order valence-electron chi connectivity index (χ2n) is 11.8. The number of hydrogen-bond donors (Lipinski definition) is 0. The van der Waals surface area contributed by atoms with E-state index in [1.165, 1.54) is 16.0 Å². The third-order valence-corrected chi connectivity index (χ3v) is 10.3. The monoisotopic (exact) mass is 625 g/mol. The van der Waals surface area contributed by atoms with Crippen LogP contribution in [0.3, 0.4) is 0 Å². The minimum Gasteiger partial charge on any atom is -0.379 e. The molecule has 0 radical (unpaired) electrons. The Kier molecular flexibility index (Phi) is 10.2. The van der Waals surface area contributed by atoms with Gasteiger partial charge in [0.05, 0.1) is 32.1 Å². The second kappa shape index (κ2) is 14.3. The summed E-state index contributed by atoms with van der Waals surface area (Å²) in [5, 5.41) is 11.2. The van der Waals surface area contributed by atoms with Crippen molar-refractivity contribution in [1.82, 2.24) is 29.5 Å². The van der Waals surface area contributed by atoms with Gasteiger partial charge in [0.25, 0.3) is 0 Å². The van der Waals surface area contributed by atoms with Gasteiger partial charge in [-0.3, -0.25) is 19.4 Å². The summed E-state index contributed by atoms with van der Waals surface area (Å²) in [4.78, 5) is 14.5. The topological polar surface area (TPSA) is 71.2 Å². The van der Waals surface area contributed by atoms with E-state index in [1.807, 2.05) is 12.1 Å². The van der Waals surface area contributed by atoms with Crippen LogP contribution in [0.25, 0.3) is 5.00 Å². The average Bonchev–Trinajstić information content (AvgIpc) is 3.50. The zero-order valence-electron chi connectivity index (χ0n) is 25.7. The molecule has 43 heavy (non-hydrogen) atoms. The van der Waals surface area contributed by atoms with Crippen molar-refractivity contribution < 1.29 is 9.47 Å². The molecule has 0 spiro atoms. The predicted octanol–water partition coefficient (Wildman–Crippen LogP) is 4.55. The van der Waals surface area contributed by atoms with Crippen molar-refractivity contribution in [3.8, 4) is 5.00 Å². The van der Waals surface area contributed by atoms with Crippen LogP contribution in [0.1, 0.15) is 52.1 Å². The number of fused-ring (bicyclic) bond motifs is 3. The first kappa shape index (κ1) is 30.8. The van der Waals surface area contributed by atoms with E-state index >= 15 is 0 Å². The summed E-state index contributed by atoms with van der Waals surface area (Å²) in [7, 11) is 0. The third kappa shape index (κ3) is 7.22. The zero-order chi connectivity index (χ0) is 29.8. The number of benzene rings is 1. The second-order valence-corrected chi connectivity index (χ2v) is 13.5. The van der Waals surface area contributed by atoms with Crippen LogP contribution in [0.5, 0.6) is 0 Å². The van der Waals surface area contributed by atoms with E-state index in [-0.39, 0.29) is 6.04 Å². The molecule has 2 aromatic heterocycles. The largest absolute Gasteiger partial charge is 0.379 e. The lowest BCUT2D eigenvalue weighted by Crippen LogP contribution is -2.40. The van der Waals surface area contributed by atoms with Crippen LogP contribution in [0.15, 0.2) is 29.3 Å². The minimum atomic E-state index is -0.141. The normalized spacial score (nSPS) is 19.7. The van der Waals surface area contributed by atoms with E-state index in [9.17, 15) is 0 Å². The first-order valence-electron chi connectivity index (χ1n) is 15.7. The molecular weight excluding hydrogens is 582 g/mol. The Hall–Kier alpha value is -2.18. The molecular formula is C32H44ClN7O2S. The Morgan fingerprint density at radius 2 is 1.49 bits per heavy atom. The Bertz CT molecular complexity index is 1370. The summed E-state index contributed by atoms with van der Waals surface area (Å²) in [5.41, 5.74) is 4.55. The molecule has 9 nitrogen and oxygen atoms in total. The molecule has 1 aromatic carbocycles. The van der Waals surface area contributed by atoms with Crippen molar-refractivity contribution in [3.05, 3.63) is 62.5 Å². The van der Waals surface area contributed by atoms with Crippen LogP contribution in [0, 0.1) is 20.8 Å². The Morgan fingerprint density at radius 3 is 2.09 bits per heavy atom. The third-order valence-electron chi connectivity index (χ3n) is 8.89. The van der Waals surface area contributed by atoms with E-state index in [1.54, 1.807) is 11.3 Å². The summed E-state index contributed by atoms with van der Waals surface area (Å²) in [6, 6.07) is 7.97. The molecule has 0 aliphatic carbocycles. The molecule has 1 atom stereocenters. The summed E-state index contributed by atoms with van der Waals surface area (Å²) in [5.74, 6) is 1.83. The molecule has 2 fully saturated rings. The number of aliphatic imine (C=N–C) groups is 1. The number of aryl methyl sites for hydroxylation is 2. The smallest absolute Gasteiger partial charge is 0.164 e. The molecule has 3 aliphatic heterocycles. The summed E-state index contributed by atoms with van der Waals surface area (Å²) in [6.45, 7) is 18.9. The van der Waals surface area contributed by atoms with Gasteiger partial charge in [-0.15, -0.1) is 21.5 Å². The van der Waals surface area contributed by atoms with Crippen molar-refractivity contribution >= 4 is 28.6 Å². The van der Waals surface area contributed by atoms with Gasteiger partial charge < -0.3 is 14.4 Å². The van der Waals surface area contributed by atoms with Crippen molar-refractivity contribution in [3.63, 3.8) is 0 Å². The Balaban J connectivity index is 1.29. The number of nitrogens with zero attached hydrogens (tertiary/aromatic N) is 7. The quantitative estimate of drug-likeness (QED) is 0.310. The number of aromatic nitrogens is 3. The van der Waals surface area contributed by atoms with E-state index in [2.05, 4.69) is 57.3 Å². The zero-order valence-corrected chi connectivity index (χ0v) is 27.3. The molecule has 3 aliphatic rings. The van der Waals surface area contributed by atoms with E-state index in [0.717, 1.165) is 131 Å². The van der Waals surface area contributed by atoms with Gasteiger partial charge >= 0.3 is 0 Å². The highest BCUT2D eigenvalue weighted by Crippen LogP contribution is 2.39. The van der Waals surface area contributed by atoms with Gasteiger partial charge in [0.2, 0.25) is 0 Å². The van der Waals surface area contributed by atoms with Crippen LogP contribution in [-0.4, -0.2) is 121 Å². The van der Waals surface area contributed by atoms with Gasteiger partial charge in [-0.2, -0.15) is 0 Å². The van der Waals surface area contributed by atoms with Crippen LogP contribution in [-0.2, 0) is 9.47 Å². The molecule has 0 N–H and O–H groups in total. The summed E-state index contributed by atoms with van der Waals surface area (Å²) < 4.78 is 13.4. The molecule has 0 unspecified atom stereocenters. The van der Waals surface area contributed by atoms with Gasteiger partial charge in [0, 0.05) is 53.8 Å². The lowest BCUT2D eigenvalue weighted by molar-refractivity contribution is 0.0338. The maximum absolute atomic E-state index is 6.31. The molecule has 6 rings (SSSR count). The number of halogens is 1. The van der Waals surface area contributed by atoms with Gasteiger partial charge in [-0.25, -0.2) is 0 Å². The molecule has 2 saturated heterocycles. The average molecular weight is 626 g/mol. The van der Waals surface area contributed by atoms with Crippen molar-refractivity contribution in [2.45, 2.75) is 39.7 Å².